The van der Waals surface area contributed by atoms with Gasteiger partial charge in [-0.15, -0.1) is 0 Å². The maximum atomic E-state index is 12.2. The lowest BCUT2D eigenvalue weighted by molar-refractivity contribution is 0.0695. The van der Waals surface area contributed by atoms with Gasteiger partial charge in [0.2, 0.25) is 0 Å². The van der Waals surface area contributed by atoms with Crippen molar-refractivity contribution >= 4 is 11.9 Å². The summed E-state index contributed by atoms with van der Waals surface area (Å²) in [5, 5.41) is 8.79. The van der Waals surface area contributed by atoms with Crippen LogP contribution in [0.3, 0.4) is 0 Å². The molecule has 1 aromatic rings. The third-order valence-electron chi connectivity index (χ3n) is 4.07. The van der Waals surface area contributed by atoms with E-state index in [2.05, 4.69) is 0 Å². The second-order valence-corrected chi connectivity index (χ2v) is 5.17. The number of carboxylic acid groups (broad SMARTS) is 1. The summed E-state index contributed by atoms with van der Waals surface area (Å²) < 4.78 is 5.05. The summed E-state index contributed by atoms with van der Waals surface area (Å²) in [6, 6.07) is 1.30. The topological polar surface area (TPSA) is 70.7 Å². The zero-order chi connectivity index (χ0) is 12.7. The fourth-order valence-corrected chi connectivity index (χ4v) is 3.12. The number of fused-ring (bicyclic) bond motifs is 1. The summed E-state index contributed by atoms with van der Waals surface area (Å²) in [4.78, 5) is 24.7. The van der Waals surface area contributed by atoms with Crippen molar-refractivity contribution < 1.29 is 19.1 Å². The lowest BCUT2D eigenvalue weighted by atomic mass is 10.0. The maximum Gasteiger partial charge on any atom is 0.338 e. The second-order valence-electron chi connectivity index (χ2n) is 5.17. The first kappa shape index (κ1) is 11.3. The van der Waals surface area contributed by atoms with Gasteiger partial charge in [-0.05, 0) is 24.7 Å². The van der Waals surface area contributed by atoms with Crippen molar-refractivity contribution in [2.24, 2.45) is 11.8 Å². The number of rotatable bonds is 2. The summed E-state index contributed by atoms with van der Waals surface area (Å²) in [5.41, 5.74) is 0.0257. The molecule has 1 aromatic heterocycles. The van der Waals surface area contributed by atoms with Crippen molar-refractivity contribution in [3.8, 4) is 0 Å². The van der Waals surface area contributed by atoms with Gasteiger partial charge >= 0.3 is 5.97 Å². The summed E-state index contributed by atoms with van der Waals surface area (Å²) in [7, 11) is 0. The number of hydrogen-bond acceptors (Lipinski definition) is 3. The number of carbonyl (C=O) groups excluding carboxylic acids is 1. The first-order chi connectivity index (χ1) is 8.65. The standard InChI is InChI=1S/C13H15NO4/c15-12(11-4-10(7-18-11)13(16)17)14-5-8-2-1-3-9(8)6-14/h4,7-9H,1-3,5-6H2,(H,16,17). The van der Waals surface area contributed by atoms with Crippen LogP contribution in [-0.4, -0.2) is 35.0 Å². The van der Waals surface area contributed by atoms with Crippen molar-refractivity contribution in [3.63, 3.8) is 0 Å². The van der Waals surface area contributed by atoms with Gasteiger partial charge in [-0.1, -0.05) is 6.42 Å². The Morgan fingerprint density at radius 3 is 2.50 bits per heavy atom. The third kappa shape index (κ3) is 1.79. The van der Waals surface area contributed by atoms with E-state index in [0.717, 1.165) is 19.4 Å². The maximum absolute atomic E-state index is 12.2. The molecule has 2 heterocycles. The SMILES string of the molecule is O=C(O)c1coc(C(=O)N2CC3CCCC3C2)c1. The van der Waals surface area contributed by atoms with Gasteiger partial charge in [-0.3, -0.25) is 4.79 Å². The molecule has 2 unspecified atom stereocenters. The van der Waals surface area contributed by atoms with Gasteiger partial charge in [0.1, 0.15) is 6.26 Å². The van der Waals surface area contributed by atoms with E-state index < -0.39 is 5.97 Å². The van der Waals surface area contributed by atoms with E-state index in [-0.39, 0.29) is 17.2 Å². The van der Waals surface area contributed by atoms with Crippen LogP contribution in [0.2, 0.25) is 0 Å². The van der Waals surface area contributed by atoms with Crippen LogP contribution >= 0.6 is 0 Å². The summed E-state index contributed by atoms with van der Waals surface area (Å²) in [6.45, 7) is 1.57. The van der Waals surface area contributed by atoms with Gasteiger partial charge < -0.3 is 14.4 Å². The lowest BCUT2D eigenvalue weighted by Gasteiger charge is -2.15. The Morgan fingerprint density at radius 1 is 1.28 bits per heavy atom. The van der Waals surface area contributed by atoms with Gasteiger partial charge in [0.15, 0.2) is 5.76 Å². The number of carbonyl (C=O) groups is 2. The highest BCUT2D eigenvalue weighted by molar-refractivity contribution is 5.95. The number of hydrogen-bond donors (Lipinski definition) is 1. The minimum atomic E-state index is -1.07. The highest BCUT2D eigenvalue weighted by Gasteiger charge is 2.38. The molecule has 1 saturated heterocycles. The largest absolute Gasteiger partial charge is 0.478 e. The molecule has 0 spiro atoms. The number of aromatic carboxylic acids is 1. The lowest BCUT2D eigenvalue weighted by Crippen LogP contribution is -2.29. The second kappa shape index (κ2) is 4.15. The van der Waals surface area contributed by atoms with Crippen molar-refractivity contribution in [2.75, 3.05) is 13.1 Å². The zero-order valence-electron chi connectivity index (χ0n) is 9.96. The smallest absolute Gasteiger partial charge is 0.338 e. The molecule has 5 nitrogen and oxygen atoms in total. The zero-order valence-corrected chi connectivity index (χ0v) is 9.96. The molecule has 0 radical (unpaired) electrons. The van der Waals surface area contributed by atoms with Gasteiger partial charge in [-0.2, -0.15) is 0 Å². The molecular formula is C13H15NO4. The first-order valence-electron chi connectivity index (χ1n) is 6.26. The molecule has 1 N–H and O–H groups in total. The van der Waals surface area contributed by atoms with E-state index in [1.54, 1.807) is 4.90 Å². The molecule has 2 atom stereocenters. The Labute approximate surface area is 104 Å². The Kier molecular flexibility index (Phi) is 2.61. The summed E-state index contributed by atoms with van der Waals surface area (Å²) in [6.07, 6.45) is 4.79. The third-order valence-corrected chi connectivity index (χ3v) is 4.07. The molecule has 3 rings (SSSR count). The van der Waals surface area contributed by atoms with Gasteiger partial charge in [-0.25, -0.2) is 4.79 Å². The number of furan rings is 1. The molecule has 5 heteroatoms. The highest BCUT2D eigenvalue weighted by atomic mass is 16.4. The van der Waals surface area contributed by atoms with Crippen molar-refractivity contribution in [1.82, 2.24) is 4.90 Å². The summed E-state index contributed by atoms with van der Waals surface area (Å²) in [5.74, 6) is 0.131. The van der Waals surface area contributed by atoms with E-state index in [1.165, 1.54) is 25.3 Å². The average Bonchev–Trinajstić information content (AvgIpc) is 3.02. The van der Waals surface area contributed by atoms with E-state index >= 15 is 0 Å². The van der Waals surface area contributed by atoms with Crippen LogP contribution in [0, 0.1) is 11.8 Å². The minimum Gasteiger partial charge on any atom is -0.478 e. The van der Waals surface area contributed by atoms with E-state index in [9.17, 15) is 9.59 Å². The number of carboxylic acids is 1. The van der Waals surface area contributed by atoms with Crippen molar-refractivity contribution in [3.05, 3.63) is 23.7 Å². The minimum absolute atomic E-state index is 0.0257. The fraction of sp³-hybridized carbons (Fsp3) is 0.538. The molecule has 2 fully saturated rings. The number of amides is 1. The van der Waals surface area contributed by atoms with Crippen LogP contribution in [-0.2, 0) is 0 Å². The van der Waals surface area contributed by atoms with Crippen LogP contribution in [0.4, 0.5) is 0 Å². The van der Waals surface area contributed by atoms with Crippen LogP contribution in [0.25, 0.3) is 0 Å². The molecule has 2 aliphatic rings. The van der Waals surface area contributed by atoms with Crippen LogP contribution in [0.15, 0.2) is 16.7 Å². The molecule has 1 aliphatic heterocycles. The Morgan fingerprint density at radius 2 is 1.94 bits per heavy atom. The number of nitrogens with zero attached hydrogens (tertiary/aromatic N) is 1. The van der Waals surface area contributed by atoms with Crippen LogP contribution < -0.4 is 0 Å². The molecule has 1 aliphatic carbocycles. The van der Waals surface area contributed by atoms with E-state index in [0.29, 0.717) is 11.8 Å². The predicted octanol–water partition coefficient (Wildman–Crippen LogP) is 1.85. The predicted molar refractivity (Wildman–Crippen MR) is 62.4 cm³/mol. The van der Waals surface area contributed by atoms with Crippen LogP contribution in [0.1, 0.15) is 40.2 Å². The Bertz CT molecular complexity index is 481. The van der Waals surface area contributed by atoms with Crippen LogP contribution in [0.5, 0.6) is 0 Å². The Balaban J connectivity index is 1.72. The fourth-order valence-electron chi connectivity index (χ4n) is 3.12. The molecule has 1 amide bonds. The van der Waals surface area contributed by atoms with Gasteiger partial charge in [0.25, 0.3) is 5.91 Å². The first-order valence-corrected chi connectivity index (χ1v) is 6.26. The average molecular weight is 249 g/mol. The van der Waals surface area contributed by atoms with Gasteiger partial charge in [0.05, 0.1) is 5.56 Å². The normalized spacial score (nSPS) is 26.3. The molecule has 0 bridgehead atoms. The monoisotopic (exact) mass is 249 g/mol. The molecule has 96 valence electrons. The van der Waals surface area contributed by atoms with Crippen molar-refractivity contribution in [1.29, 1.82) is 0 Å². The highest BCUT2D eigenvalue weighted by Crippen LogP contribution is 2.38. The van der Waals surface area contributed by atoms with E-state index in [1.807, 2.05) is 0 Å². The van der Waals surface area contributed by atoms with E-state index in [4.69, 9.17) is 9.52 Å². The summed E-state index contributed by atoms with van der Waals surface area (Å²) >= 11 is 0. The van der Waals surface area contributed by atoms with Gasteiger partial charge in [0, 0.05) is 19.2 Å². The molecule has 0 aromatic carbocycles. The molecular weight excluding hydrogens is 234 g/mol. The quantitative estimate of drug-likeness (QED) is 0.868. The molecule has 1 saturated carbocycles. The Hall–Kier alpha value is -1.78. The molecule has 18 heavy (non-hydrogen) atoms. The number of likely N-dealkylation sites (tertiary alicyclic amines) is 1. The van der Waals surface area contributed by atoms with Crippen molar-refractivity contribution in [2.45, 2.75) is 19.3 Å².